The Kier molecular flexibility index (Phi) is 4.78. The maximum absolute atomic E-state index is 13.6. The van der Waals surface area contributed by atoms with E-state index in [0.717, 1.165) is 31.5 Å². The summed E-state index contributed by atoms with van der Waals surface area (Å²) in [6.45, 7) is 2.44. The van der Waals surface area contributed by atoms with E-state index in [0.29, 0.717) is 18.4 Å². The van der Waals surface area contributed by atoms with Crippen LogP contribution in [0.25, 0.3) is 0 Å². The van der Waals surface area contributed by atoms with Gasteiger partial charge in [0, 0.05) is 25.8 Å². The number of nitrogens with zero attached hydrogens (tertiary/aromatic N) is 2. The molecular weight excluding hydrogens is 335 g/mol. The zero-order valence-electron chi connectivity index (χ0n) is 14.5. The third-order valence-electron chi connectivity index (χ3n) is 5.51. The van der Waals surface area contributed by atoms with Crippen LogP contribution in [0.4, 0.5) is 4.39 Å². The van der Waals surface area contributed by atoms with Crippen LogP contribution in [0.1, 0.15) is 24.5 Å². The Morgan fingerprint density at radius 2 is 1.85 bits per heavy atom. The number of benzene rings is 1. The molecule has 0 amide bonds. The second-order valence-electron chi connectivity index (χ2n) is 7.35. The van der Waals surface area contributed by atoms with Gasteiger partial charge < -0.3 is 14.9 Å². The number of hydrogen-bond acceptors (Lipinski definition) is 5. The number of phenols is 1. The number of aliphatic hydroxyl groups is 1. The van der Waals surface area contributed by atoms with Gasteiger partial charge in [-0.05, 0) is 54.5 Å². The second kappa shape index (κ2) is 7.21. The van der Waals surface area contributed by atoms with Crippen molar-refractivity contribution in [3.63, 3.8) is 0 Å². The molecule has 6 heteroatoms. The monoisotopic (exact) mass is 358 g/mol. The highest BCUT2D eigenvalue weighted by Gasteiger charge is 2.42. The fourth-order valence-electron chi connectivity index (χ4n) is 4.27. The Morgan fingerprint density at radius 3 is 2.50 bits per heavy atom. The third-order valence-corrected chi connectivity index (χ3v) is 5.51. The first kappa shape index (κ1) is 17.2. The average Bonchev–Trinajstić information content (AvgIpc) is 3.15. The number of likely N-dealkylation sites (tertiary alicyclic amines) is 1. The molecule has 4 rings (SSSR count). The number of fused-ring (bicyclic) bond motifs is 1. The summed E-state index contributed by atoms with van der Waals surface area (Å²) in [4.78, 5) is 5.91. The van der Waals surface area contributed by atoms with Crippen molar-refractivity contribution in [2.45, 2.75) is 25.0 Å². The SMILES string of the molecule is Oc1ccc(C(O)CN2C[C@H]3C[C@H](Oc4cccnc4F)C[C@H]3C2)cc1. The van der Waals surface area contributed by atoms with E-state index in [4.69, 9.17) is 4.74 Å². The lowest BCUT2D eigenvalue weighted by atomic mass is 10.0. The summed E-state index contributed by atoms with van der Waals surface area (Å²) >= 11 is 0. The van der Waals surface area contributed by atoms with Crippen molar-refractivity contribution in [3.05, 3.63) is 54.1 Å². The zero-order valence-corrected chi connectivity index (χ0v) is 14.5. The first-order chi connectivity index (χ1) is 12.6. The highest BCUT2D eigenvalue weighted by molar-refractivity contribution is 5.27. The van der Waals surface area contributed by atoms with Crippen LogP contribution in [0.5, 0.6) is 11.5 Å². The van der Waals surface area contributed by atoms with Gasteiger partial charge in [0.15, 0.2) is 5.75 Å². The number of rotatable bonds is 5. The molecule has 0 spiro atoms. The van der Waals surface area contributed by atoms with Gasteiger partial charge in [-0.3, -0.25) is 4.90 Å². The van der Waals surface area contributed by atoms with Crippen molar-refractivity contribution in [1.29, 1.82) is 0 Å². The average molecular weight is 358 g/mol. The van der Waals surface area contributed by atoms with E-state index in [1.165, 1.54) is 6.20 Å². The number of hydrogen-bond donors (Lipinski definition) is 2. The van der Waals surface area contributed by atoms with Crippen LogP contribution in [-0.4, -0.2) is 45.8 Å². The lowest BCUT2D eigenvalue weighted by Gasteiger charge is -2.22. The summed E-state index contributed by atoms with van der Waals surface area (Å²) in [5, 5.41) is 19.8. The third kappa shape index (κ3) is 3.66. The van der Waals surface area contributed by atoms with Gasteiger partial charge in [-0.25, -0.2) is 4.98 Å². The molecule has 26 heavy (non-hydrogen) atoms. The molecule has 5 nitrogen and oxygen atoms in total. The van der Waals surface area contributed by atoms with Crippen LogP contribution in [-0.2, 0) is 0 Å². The molecule has 1 unspecified atom stereocenters. The Hall–Kier alpha value is -2.18. The summed E-state index contributed by atoms with van der Waals surface area (Å²) in [5.74, 6) is 0.923. The molecule has 2 aromatic rings. The first-order valence-electron chi connectivity index (χ1n) is 9.05. The van der Waals surface area contributed by atoms with E-state index in [9.17, 15) is 14.6 Å². The predicted molar refractivity (Wildman–Crippen MR) is 94.3 cm³/mol. The fraction of sp³-hybridized carbons (Fsp3) is 0.450. The predicted octanol–water partition coefficient (Wildman–Crippen LogP) is 2.75. The summed E-state index contributed by atoms with van der Waals surface area (Å²) < 4.78 is 19.4. The number of ether oxygens (including phenoxy) is 1. The fourth-order valence-corrected chi connectivity index (χ4v) is 4.27. The van der Waals surface area contributed by atoms with Crippen LogP contribution in [0.3, 0.4) is 0 Å². The van der Waals surface area contributed by atoms with Gasteiger partial charge in [0.05, 0.1) is 12.2 Å². The van der Waals surface area contributed by atoms with Crippen LogP contribution in [0, 0.1) is 17.8 Å². The van der Waals surface area contributed by atoms with E-state index in [2.05, 4.69) is 9.88 Å². The van der Waals surface area contributed by atoms with Gasteiger partial charge in [-0.2, -0.15) is 4.39 Å². The molecule has 2 N–H and O–H groups in total. The van der Waals surface area contributed by atoms with E-state index in [-0.39, 0.29) is 17.6 Å². The molecule has 1 aliphatic heterocycles. The Balaban J connectivity index is 1.29. The van der Waals surface area contributed by atoms with Gasteiger partial charge in [0.1, 0.15) is 5.75 Å². The Morgan fingerprint density at radius 1 is 1.15 bits per heavy atom. The van der Waals surface area contributed by atoms with Crippen molar-refractivity contribution in [2.24, 2.45) is 11.8 Å². The van der Waals surface area contributed by atoms with Gasteiger partial charge in [-0.1, -0.05) is 12.1 Å². The van der Waals surface area contributed by atoms with Gasteiger partial charge in [-0.15, -0.1) is 0 Å². The molecule has 0 radical (unpaired) electrons. The number of aromatic nitrogens is 1. The van der Waals surface area contributed by atoms with Crippen LogP contribution >= 0.6 is 0 Å². The van der Waals surface area contributed by atoms with Crippen molar-refractivity contribution >= 4 is 0 Å². The number of phenolic OH excluding ortho intramolecular Hbond substituents is 1. The molecule has 1 saturated carbocycles. The van der Waals surface area contributed by atoms with E-state index < -0.39 is 12.1 Å². The van der Waals surface area contributed by atoms with Crippen LogP contribution in [0.2, 0.25) is 0 Å². The molecular formula is C20H23FN2O3. The smallest absolute Gasteiger partial charge is 0.255 e. The largest absolute Gasteiger partial charge is 0.508 e. The second-order valence-corrected chi connectivity index (χ2v) is 7.35. The van der Waals surface area contributed by atoms with E-state index >= 15 is 0 Å². The molecule has 2 heterocycles. The van der Waals surface area contributed by atoms with Crippen molar-refractivity contribution in [3.8, 4) is 11.5 Å². The van der Waals surface area contributed by atoms with Crippen molar-refractivity contribution in [1.82, 2.24) is 9.88 Å². The molecule has 0 bridgehead atoms. The quantitative estimate of drug-likeness (QED) is 0.805. The molecule has 2 aliphatic rings. The highest BCUT2D eigenvalue weighted by atomic mass is 19.1. The van der Waals surface area contributed by atoms with Crippen LogP contribution in [0.15, 0.2) is 42.6 Å². The van der Waals surface area contributed by atoms with Gasteiger partial charge in [0.2, 0.25) is 0 Å². The minimum atomic E-state index is -0.564. The number of halogens is 1. The van der Waals surface area contributed by atoms with Crippen molar-refractivity contribution < 1.29 is 19.3 Å². The number of β-amino-alcohol motifs (C(OH)–C–C–N with tert-alkyl or cyclic N) is 1. The van der Waals surface area contributed by atoms with Gasteiger partial charge >= 0.3 is 0 Å². The summed E-state index contributed by atoms with van der Waals surface area (Å²) in [6, 6.07) is 10.00. The maximum atomic E-state index is 13.6. The van der Waals surface area contributed by atoms with Crippen LogP contribution < -0.4 is 4.74 Å². The van der Waals surface area contributed by atoms with Gasteiger partial charge in [0.25, 0.3) is 5.95 Å². The molecule has 1 aromatic heterocycles. The van der Waals surface area contributed by atoms with E-state index in [1.54, 1.807) is 36.4 Å². The topological polar surface area (TPSA) is 65.8 Å². The Labute approximate surface area is 152 Å². The standard InChI is InChI=1S/C20H23FN2O3/c21-20-19(2-1-7-22-20)26-17-8-14-10-23(11-15(14)9-17)12-18(25)13-3-5-16(24)6-4-13/h1-7,14-15,17-18,24-25H,8-12H2/t14-,15+,17+,18?. The lowest BCUT2D eigenvalue weighted by Crippen LogP contribution is -2.29. The normalized spacial score (nSPS) is 26.6. The zero-order chi connectivity index (χ0) is 18.1. The summed E-state index contributed by atoms with van der Waals surface area (Å²) in [7, 11) is 0. The molecule has 1 saturated heterocycles. The Bertz CT molecular complexity index is 741. The minimum absolute atomic E-state index is 0.0351. The summed E-state index contributed by atoms with van der Waals surface area (Å²) in [6.07, 6.45) is 2.71. The molecule has 138 valence electrons. The number of aromatic hydroxyl groups is 1. The molecule has 1 aliphatic carbocycles. The minimum Gasteiger partial charge on any atom is -0.508 e. The molecule has 2 fully saturated rings. The number of aliphatic hydroxyl groups excluding tert-OH is 1. The summed E-state index contributed by atoms with van der Waals surface area (Å²) in [5.41, 5.74) is 0.813. The highest BCUT2D eigenvalue weighted by Crippen LogP contribution is 2.40. The lowest BCUT2D eigenvalue weighted by molar-refractivity contribution is 0.115. The van der Waals surface area contributed by atoms with E-state index in [1.807, 2.05) is 0 Å². The maximum Gasteiger partial charge on any atom is 0.255 e. The molecule has 1 aromatic carbocycles. The number of pyridine rings is 1. The molecule has 4 atom stereocenters. The first-order valence-corrected chi connectivity index (χ1v) is 9.05. The van der Waals surface area contributed by atoms with Crippen molar-refractivity contribution in [2.75, 3.05) is 19.6 Å².